The molecule has 1 heterocycles. The average molecular weight is 218 g/mol. The smallest absolute Gasteiger partial charge is 0.186 e. The van der Waals surface area contributed by atoms with Crippen LogP contribution < -0.4 is 0 Å². The normalized spacial score (nSPS) is 10.1. The summed E-state index contributed by atoms with van der Waals surface area (Å²) in [5.41, 5.74) is 1.19. The van der Waals surface area contributed by atoms with E-state index in [-0.39, 0.29) is 5.12 Å². The van der Waals surface area contributed by atoms with E-state index < -0.39 is 0 Å². The fraction of sp³-hybridized carbons (Fsp3) is 0.182. The lowest BCUT2D eigenvalue weighted by molar-refractivity contribution is -0.109. The van der Waals surface area contributed by atoms with Crippen molar-refractivity contribution in [1.29, 1.82) is 5.26 Å². The molecule has 0 saturated carbocycles. The third-order valence-corrected chi connectivity index (χ3v) is 2.39. The van der Waals surface area contributed by atoms with E-state index in [1.165, 1.54) is 18.7 Å². The molecule has 15 heavy (non-hydrogen) atoms. The molecule has 0 N–H and O–H groups in total. The van der Waals surface area contributed by atoms with Gasteiger partial charge in [-0.05, 0) is 6.07 Å². The summed E-state index contributed by atoms with van der Waals surface area (Å²) in [4.78, 5) is 14.6. The summed E-state index contributed by atoms with van der Waals surface area (Å²) in [7, 11) is 0. The Balaban J connectivity index is 2.64. The molecule has 1 aromatic rings. The van der Waals surface area contributed by atoms with E-state index in [4.69, 9.17) is 5.26 Å². The molecule has 0 aliphatic heterocycles. The highest BCUT2D eigenvalue weighted by Crippen LogP contribution is 2.08. The molecule has 0 aliphatic carbocycles. The minimum absolute atomic E-state index is 0.0892. The fourth-order valence-electron chi connectivity index (χ4n) is 0.986. The molecule has 0 bridgehead atoms. The first-order chi connectivity index (χ1) is 7.24. The first-order valence-electron chi connectivity index (χ1n) is 4.39. The summed E-state index contributed by atoms with van der Waals surface area (Å²) in [5.74, 6) is 0.620. The zero-order chi connectivity index (χ0) is 11.1. The standard InChI is InChI=1S/C11H10N2OS/c1-9(14)15-7-3-5-10-4-2-6-13-11(10)8-12/h2-6H,7H2,1H3. The van der Waals surface area contributed by atoms with Gasteiger partial charge in [0.1, 0.15) is 11.8 Å². The third kappa shape index (κ3) is 3.96. The van der Waals surface area contributed by atoms with Gasteiger partial charge in [-0.3, -0.25) is 4.79 Å². The van der Waals surface area contributed by atoms with E-state index in [1.54, 1.807) is 12.3 Å². The molecule has 3 nitrogen and oxygen atoms in total. The van der Waals surface area contributed by atoms with Crippen LogP contribution in [0.3, 0.4) is 0 Å². The number of carbonyl (C=O) groups excluding carboxylic acids is 1. The summed E-state index contributed by atoms with van der Waals surface area (Å²) in [6.07, 6.45) is 5.24. The molecule has 0 amide bonds. The van der Waals surface area contributed by atoms with E-state index in [0.29, 0.717) is 11.4 Å². The number of hydrogen-bond acceptors (Lipinski definition) is 4. The Bertz CT molecular complexity index is 421. The molecule has 0 aromatic carbocycles. The van der Waals surface area contributed by atoms with E-state index in [9.17, 15) is 4.79 Å². The van der Waals surface area contributed by atoms with Crippen LogP contribution in [0.1, 0.15) is 18.2 Å². The Morgan fingerprint density at radius 3 is 3.20 bits per heavy atom. The summed E-state index contributed by atoms with van der Waals surface area (Å²) in [6.45, 7) is 1.53. The number of carbonyl (C=O) groups is 1. The number of nitrogens with zero attached hydrogens (tertiary/aromatic N) is 2. The number of aromatic nitrogens is 1. The Morgan fingerprint density at radius 1 is 1.73 bits per heavy atom. The Morgan fingerprint density at radius 2 is 2.53 bits per heavy atom. The summed E-state index contributed by atoms with van der Waals surface area (Å²) in [6, 6.07) is 5.61. The minimum atomic E-state index is 0.0892. The maximum absolute atomic E-state index is 10.6. The van der Waals surface area contributed by atoms with Gasteiger partial charge < -0.3 is 0 Å². The quantitative estimate of drug-likeness (QED) is 0.780. The van der Waals surface area contributed by atoms with Gasteiger partial charge in [-0.2, -0.15) is 5.26 Å². The molecule has 0 unspecified atom stereocenters. The first-order valence-corrected chi connectivity index (χ1v) is 5.37. The molecule has 0 atom stereocenters. The predicted molar refractivity (Wildman–Crippen MR) is 61.1 cm³/mol. The van der Waals surface area contributed by atoms with Gasteiger partial charge in [0, 0.05) is 24.4 Å². The largest absolute Gasteiger partial charge is 0.288 e. The van der Waals surface area contributed by atoms with E-state index in [2.05, 4.69) is 4.98 Å². The third-order valence-electron chi connectivity index (χ3n) is 1.63. The first kappa shape index (κ1) is 11.5. The van der Waals surface area contributed by atoms with Gasteiger partial charge in [0.25, 0.3) is 0 Å². The van der Waals surface area contributed by atoms with Crippen molar-refractivity contribution in [2.24, 2.45) is 0 Å². The zero-order valence-corrected chi connectivity index (χ0v) is 9.12. The molecule has 0 aliphatic rings. The van der Waals surface area contributed by atoms with Gasteiger partial charge >= 0.3 is 0 Å². The highest BCUT2D eigenvalue weighted by atomic mass is 32.2. The van der Waals surface area contributed by atoms with Crippen molar-refractivity contribution >= 4 is 23.0 Å². The Labute approximate surface area is 92.8 Å². The maximum Gasteiger partial charge on any atom is 0.186 e. The molecule has 0 radical (unpaired) electrons. The highest BCUT2D eigenvalue weighted by molar-refractivity contribution is 8.13. The predicted octanol–water partition coefficient (Wildman–Crippen LogP) is 2.25. The fourth-order valence-corrected chi connectivity index (χ4v) is 1.41. The number of rotatable bonds is 3. The molecule has 0 fully saturated rings. The summed E-state index contributed by atoms with van der Waals surface area (Å²) >= 11 is 1.23. The summed E-state index contributed by atoms with van der Waals surface area (Å²) < 4.78 is 0. The average Bonchev–Trinajstić information content (AvgIpc) is 2.24. The molecule has 76 valence electrons. The monoisotopic (exact) mass is 218 g/mol. The lowest BCUT2D eigenvalue weighted by Gasteiger charge is -1.94. The van der Waals surface area contributed by atoms with Crippen molar-refractivity contribution in [3.63, 3.8) is 0 Å². The van der Waals surface area contributed by atoms with Crippen molar-refractivity contribution in [3.05, 3.63) is 35.7 Å². The number of nitriles is 1. The Hall–Kier alpha value is -1.60. The van der Waals surface area contributed by atoms with Crippen LogP contribution in [-0.2, 0) is 4.79 Å². The second-order valence-corrected chi connectivity index (χ2v) is 3.95. The lowest BCUT2D eigenvalue weighted by Crippen LogP contribution is -1.86. The molecule has 0 spiro atoms. The SMILES string of the molecule is CC(=O)SCC=Cc1cccnc1C#N. The zero-order valence-electron chi connectivity index (χ0n) is 8.30. The van der Waals surface area contributed by atoms with E-state index in [1.807, 2.05) is 24.3 Å². The molecular formula is C11H10N2OS. The Kier molecular flexibility index (Phi) is 4.58. The van der Waals surface area contributed by atoms with Gasteiger partial charge in [0.05, 0.1) is 0 Å². The van der Waals surface area contributed by atoms with Gasteiger partial charge in [-0.1, -0.05) is 30.0 Å². The minimum Gasteiger partial charge on any atom is -0.288 e. The number of thioether (sulfide) groups is 1. The molecule has 1 rings (SSSR count). The lowest BCUT2D eigenvalue weighted by atomic mass is 10.2. The highest BCUT2D eigenvalue weighted by Gasteiger charge is 1.97. The van der Waals surface area contributed by atoms with Gasteiger partial charge in [-0.25, -0.2) is 4.98 Å². The second kappa shape index (κ2) is 5.99. The van der Waals surface area contributed by atoms with Crippen molar-refractivity contribution in [2.75, 3.05) is 5.75 Å². The van der Waals surface area contributed by atoms with Gasteiger partial charge in [-0.15, -0.1) is 0 Å². The maximum atomic E-state index is 10.6. The number of pyridine rings is 1. The van der Waals surface area contributed by atoms with Crippen LogP contribution in [-0.4, -0.2) is 15.9 Å². The summed E-state index contributed by atoms with van der Waals surface area (Å²) in [5, 5.41) is 8.85. The van der Waals surface area contributed by atoms with Crippen LogP contribution in [0.4, 0.5) is 0 Å². The van der Waals surface area contributed by atoms with Crippen molar-refractivity contribution in [3.8, 4) is 6.07 Å². The van der Waals surface area contributed by atoms with Crippen LogP contribution in [0, 0.1) is 11.3 Å². The molecule has 1 aromatic heterocycles. The molecule has 4 heteroatoms. The van der Waals surface area contributed by atoms with Crippen LogP contribution in [0.2, 0.25) is 0 Å². The molecular weight excluding hydrogens is 208 g/mol. The van der Waals surface area contributed by atoms with Crippen LogP contribution >= 0.6 is 11.8 Å². The van der Waals surface area contributed by atoms with E-state index in [0.717, 1.165) is 5.56 Å². The van der Waals surface area contributed by atoms with Crippen molar-refractivity contribution in [2.45, 2.75) is 6.92 Å². The second-order valence-electron chi connectivity index (χ2n) is 2.76. The molecule has 0 saturated heterocycles. The van der Waals surface area contributed by atoms with Crippen molar-refractivity contribution in [1.82, 2.24) is 4.98 Å². The van der Waals surface area contributed by atoms with Crippen LogP contribution in [0.5, 0.6) is 0 Å². The van der Waals surface area contributed by atoms with Crippen molar-refractivity contribution < 1.29 is 4.79 Å². The van der Waals surface area contributed by atoms with Crippen LogP contribution in [0.25, 0.3) is 6.08 Å². The van der Waals surface area contributed by atoms with E-state index >= 15 is 0 Å². The van der Waals surface area contributed by atoms with Crippen LogP contribution in [0.15, 0.2) is 24.4 Å². The topological polar surface area (TPSA) is 53.8 Å². The number of hydrogen-bond donors (Lipinski definition) is 0. The van der Waals surface area contributed by atoms with Gasteiger partial charge in [0.2, 0.25) is 0 Å². The van der Waals surface area contributed by atoms with Gasteiger partial charge in [0.15, 0.2) is 5.12 Å².